The van der Waals surface area contributed by atoms with Crippen molar-refractivity contribution in [2.24, 2.45) is 0 Å². The standard InChI is InChI=1S/C19H17N3O5S/c1-12-19(24)22(14-4-2-3-5-15(14)26-12)8-6-17(23)25-10-16-20-18(27-21-16)13-7-9-28-11-13/h2-5,7,9,11-12H,6,8,10H2,1H3. The highest BCUT2D eigenvalue weighted by Gasteiger charge is 2.31. The van der Waals surface area contributed by atoms with Crippen LogP contribution in [-0.2, 0) is 20.9 Å². The first kappa shape index (κ1) is 18.2. The topological polar surface area (TPSA) is 94.8 Å². The van der Waals surface area contributed by atoms with E-state index in [-0.39, 0.29) is 31.3 Å². The SMILES string of the molecule is CC1Oc2ccccc2N(CCC(=O)OCc2noc(-c3ccsc3)n2)C1=O. The van der Waals surface area contributed by atoms with Gasteiger partial charge in [0.2, 0.25) is 5.82 Å². The maximum atomic E-state index is 12.4. The molecule has 1 aromatic carbocycles. The van der Waals surface area contributed by atoms with Crippen LogP contribution in [0.5, 0.6) is 5.75 Å². The van der Waals surface area contributed by atoms with Gasteiger partial charge in [-0.25, -0.2) is 0 Å². The van der Waals surface area contributed by atoms with E-state index in [9.17, 15) is 9.59 Å². The highest BCUT2D eigenvalue weighted by molar-refractivity contribution is 7.08. The van der Waals surface area contributed by atoms with Gasteiger partial charge < -0.3 is 18.9 Å². The molecule has 0 saturated carbocycles. The predicted molar refractivity (Wildman–Crippen MR) is 101 cm³/mol. The van der Waals surface area contributed by atoms with Gasteiger partial charge in [0.1, 0.15) is 5.75 Å². The molecule has 28 heavy (non-hydrogen) atoms. The summed E-state index contributed by atoms with van der Waals surface area (Å²) in [7, 11) is 0. The zero-order valence-electron chi connectivity index (χ0n) is 15.0. The highest BCUT2D eigenvalue weighted by Crippen LogP contribution is 2.33. The van der Waals surface area contributed by atoms with Crippen molar-refractivity contribution in [2.75, 3.05) is 11.4 Å². The molecule has 1 aliphatic rings. The van der Waals surface area contributed by atoms with Crippen molar-refractivity contribution in [3.63, 3.8) is 0 Å². The number of hydrogen-bond acceptors (Lipinski definition) is 8. The zero-order chi connectivity index (χ0) is 19.5. The highest BCUT2D eigenvalue weighted by atomic mass is 32.1. The fourth-order valence-electron chi connectivity index (χ4n) is 2.83. The number of benzene rings is 1. The molecule has 9 heteroatoms. The van der Waals surface area contributed by atoms with Crippen LogP contribution in [0.3, 0.4) is 0 Å². The Bertz CT molecular complexity index is 985. The lowest BCUT2D eigenvalue weighted by Gasteiger charge is -2.32. The number of nitrogens with zero attached hydrogens (tertiary/aromatic N) is 3. The third kappa shape index (κ3) is 3.74. The third-order valence-electron chi connectivity index (χ3n) is 4.21. The molecule has 1 amide bonds. The van der Waals surface area contributed by atoms with E-state index in [1.165, 1.54) is 11.3 Å². The molecular formula is C19H17N3O5S. The fraction of sp³-hybridized carbons (Fsp3) is 0.263. The molecule has 0 N–H and O–H groups in total. The van der Waals surface area contributed by atoms with Gasteiger partial charge in [0.05, 0.1) is 17.7 Å². The summed E-state index contributed by atoms with van der Waals surface area (Å²) >= 11 is 1.52. The molecule has 4 rings (SSSR count). The van der Waals surface area contributed by atoms with Crippen LogP contribution < -0.4 is 9.64 Å². The van der Waals surface area contributed by atoms with Crippen molar-refractivity contribution in [1.82, 2.24) is 10.1 Å². The molecule has 8 nitrogen and oxygen atoms in total. The summed E-state index contributed by atoms with van der Waals surface area (Å²) in [5.74, 6) is 0.653. The number of para-hydroxylation sites is 2. The van der Waals surface area contributed by atoms with Crippen LogP contribution in [0, 0.1) is 0 Å². The van der Waals surface area contributed by atoms with Crippen molar-refractivity contribution < 1.29 is 23.6 Å². The Balaban J connectivity index is 1.33. The second kappa shape index (κ2) is 7.81. The van der Waals surface area contributed by atoms with Crippen molar-refractivity contribution >= 4 is 28.9 Å². The van der Waals surface area contributed by atoms with Crippen LogP contribution >= 0.6 is 11.3 Å². The van der Waals surface area contributed by atoms with E-state index in [1.54, 1.807) is 24.0 Å². The first-order chi connectivity index (χ1) is 13.6. The monoisotopic (exact) mass is 399 g/mol. The van der Waals surface area contributed by atoms with Gasteiger partial charge in [0.15, 0.2) is 12.7 Å². The van der Waals surface area contributed by atoms with Gasteiger partial charge in [-0.2, -0.15) is 16.3 Å². The van der Waals surface area contributed by atoms with Gasteiger partial charge in [-0.05, 0) is 30.5 Å². The van der Waals surface area contributed by atoms with E-state index in [0.717, 1.165) is 5.56 Å². The Morgan fingerprint density at radius 2 is 2.18 bits per heavy atom. The number of fused-ring (bicyclic) bond motifs is 1. The number of thiophene rings is 1. The van der Waals surface area contributed by atoms with Crippen LogP contribution in [0.4, 0.5) is 5.69 Å². The first-order valence-electron chi connectivity index (χ1n) is 8.69. The number of ether oxygens (including phenoxy) is 2. The van der Waals surface area contributed by atoms with Crippen molar-refractivity contribution in [2.45, 2.75) is 26.1 Å². The third-order valence-corrected chi connectivity index (χ3v) is 4.89. The lowest BCUT2D eigenvalue weighted by atomic mass is 10.2. The van der Waals surface area contributed by atoms with Crippen LogP contribution in [0.25, 0.3) is 11.5 Å². The Morgan fingerprint density at radius 3 is 3.00 bits per heavy atom. The molecule has 1 unspecified atom stereocenters. The number of carbonyl (C=O) groups is 2. The number of carbonyl (C=O) groups excluding carboxylic acids is 2. The van der Waals surface area contributed by atoms with Crippen LogP contribution in [0.2, 0.25) is 0 Å². The number of hydrogen-bond donors (Lipinski definition) is 0. The second-order valence-electron chi connectivity index (χ2n) is 6.16. The first-order valence-corrected chi connectivity index (χ1v) is 9.64. The van der Waals surface area contributed by atoms with Gasteiger partial charge >= 0.3 is 5.97 Å². The Hall–Kier alpha value is -3.20. The molecule has 0 fully saturated rings. The van der Waals surface area contributed by atoms with E-state index in [4.69, 9.17) is 14.0 Å². The average Bonchev–Trinajstić information content (AvgIpc) is 3.38. The van der Waals surface area contributed by atoms with Crippen LogP contribution in [0.15, 0.2) is 45.6 Å². The maximum absolute atomic E-state index is 12.4. The van der Waals surface area contributed by atoms with Gasteiger partial charge in [0, 0.05) is 11.9 Å². The maximum Gasteiger partial charge on any atom is 0.308 e. The molecule has 0 spiro atoms. The fourth-order valence-corrected chi connectivity index (χ4v) is 3.46. The number of anilines is 1. The molecule has 0 aliphatic carbocycles. The number of aromatic nitrogens is 2. The minimum absolute atomic E-state index is 0.0437. The van der Waals surface area contributed by atoms with Crippen LogP contribution in [-0.4, -0.2) is 34.7 Å². The summed E-state index contributed by atoms with van der Waals surface area (Å²) in [5.41, 5.74) is 1.48. The smallest absolute Gasteiger partial charge is 0.308 e. The Morgan fingerprint density at radius 1 is 1.32 bits per heavy atom. The summed E-state index contributed by atoms with van der Waals surface area (Å²) in [6.07, 6.45) is -0.553. The number of esters is 1. The van der Waals surface area contributed by atoms with Gasteiger partial charge in [-0.15, -0.1) is 0 Å². The normalized spacial score (nSPS) is 15.8. The van der Waals surface area contributed by atoms with Gasteiger partial charge in [-0.3, -0.25) is 9.59 Å². The Kier molecular flexibility index (Phi) is 5.07. The second-order valence-corrected chi connectivity index (χ2v) is 6.94. The molecule has 3 heterocycles. The van der Waals surface area contributed by atoms with Crippen molar-refractivity contribution in [3.05, 3.63) is 46.9 Å². The van der Waals surface area contributed by atoms with Crippen LogP contribution in [0.1, 0.15) is 19.2 Å². The van der Waals surface area contributed by atoms with E-state index in [1.807, 2.05) is 29.0 Å². The quantitative estimate of drug-likeness (QED) is 0.588. The largest absolute Gasteiger partial charge is 0.479 e. The molecule has 3 aromatic rings. The van der Waals surface area contributed by atoms with E-state index in [0.29, 0.717) is 17.3 Å². The molecular weight excluding hydrogens is 382 g/mol. The minimum Gasteiger partial charge on any atom is -0.479 e. The van der Waals surface area contributed by atoms with E-state index < -0.39 is 12.1 Å². The number of rotatable bonds is 6. The molecule has 0 saturated heterocycles. The van der Waals surface area contributed by atoms with Crippen molar-refractivity contribution in [3.8, 4) is 17.2 Å². The summed E-state index contributed by atoms with van der Waals surface area (Å²) < 4.78 is 15.9. The minimum atomic E-state index is -0.597. The summed E-state index contributed by atoms with van der Waals surface area (Å²) in [6.45, 7) is 1.80. The lowest BCUT2D eigenvalue weighted by molar-refractivity contribution is -0.145. The van der Waals surface area contributed by atoms with Crippen molar-refractivity contribution in [1.29, 1.82) is 0 Å². The molecule has 2 aromatic heterocycles. The van der Waals surface area contributed by atoms with E-state index >= 15 is 0 Å². The summed E-state index contributed by atoms with van der Waals surface area (Å²) in [4.78, 5) is 30.3. The van der Waals surface area contributed by atoms with Gasteiger partial charge in [0.25, 0.3) is 11.8 Å². The van der Waals surface area contributed by atoms with E-state index in [2.05, 4.69) is 10.1 Å². The molecule has 1 atom stereocenters. The molecule has 0 radical (unpaired) electrons. The molecule has 144 valence electrons. The Labute approximate surface area is 164 Å². The zero-order valence-corrected chi connectivity index (χ0v) is 15.8. The average molecular weight is 399 g/mol. The summed E-state index contributed by atoms with van der Waals surface area (Å²) in [5, 5.41) is 7.60. The lowest BCUT2D eigenvalue weighted by Crippen LogP contribution is -2.45. The van der Waals surface area contributed by atoms with Gasteiger partial charge in [-0.1, -0.05) is 17.3 Å². The summed E-state index contributed by atoms with van der Waals surface area (Å²) in [6, 6.07) is 9.11. The molecule has 1 aliphatic heterocycles. The molecule has 0 bridgehead atoms. The predicted octanol–water partition coefficient (Wildman–Crippen LogP) is 3.05. The number of amides is 1.